The van der Waals surface area contributed by atoms with Crippen LogP contribution in [0.4, 0.5) is 5.69 Å². The van der Waals surface area contributed by atoms with Crippen molar-refractivity contribution in [2.24, 2.45) is 5.92 Å². The largest absolute Gasteiger partial charge is 0.397 e. The average Bonchev–Trinajstić information content (AvgIpc) is 2.34. The number of anilines is 1. The quantitative estimate of drug-likeness (QED) is 0.732. The van der Waals surface area contributed by atoms with Crippen molar-refractivity contribution in [2.75, 3.05) is 12.3 Å². The Morgan fingerprint density at radius 2 is 2.05 bits per heavy atom. The van der Waals surface area contributed by atoms with Gasteiger partial charge in [-0.3, -0.25) is 4.79 Å². The number of rotatable bonds is 5. The fourth-order valence-corrected chi connectivity index (χ4v) is 2.04. The van der Waals surface area contributed by atoms with Gasteiger partial charge in [-0.25, -0.2) is 0 Å². The molecule has 0 aliphatic rings. The molecule has 106 valence electrons. The highest BCUT2D eigenvalue weighted by atomic mass is 35.5. The number of carbonyl (C=O) groups is 1. The first-order chi connectivity index (χ1) is 8.86. The highest BCUT2D eigenvalue weighted by Crippen LogP contribution is 2.29. The van der Waals surface area contributed by atoms with Crippen LogP contribution in [0.1, 0.15) is 30.6 Å². The molecule has 0 aliphatic carbocycles. The van der Waals surface area contributed by atoms with E-state index in [0.717, 1.165) is 0 Å². The number of aliphatic hydroxyl groups excluding tert-OH is 1. The molecule has 1 unspecified atom stereocenters. The molecular weight excluding hydrogens is 287 g/mol. The van der Waals surface area contributed by atoms with E-state index in [0.29, 0.717) is 12.0 Å². The first-order valence-corrected chi connectivity index (χ1v) is 6.78. The lowest BCUT2D eigenvalue weighted by atomic mass is 10.0. The van der Waals surface area contributed by atoms with Gasteiger partial charge in [-0.1, -0.05) is 37.0 Å². The van der Waals surface area contributed by atoms with E-state index in [-0.39, 0.29) is 40.2 Å². The molecule has 0 saturated carbocycles. The molecule has 1 aromatic rings. The fourth-order valence-electron chi connectivity index (χ4n) is 1.70. The Labute approximate surface area is 122 Å². The molecule has 0 aromatic heterocycles. The summed E-state index contributed by atoms with van der Waals surface area (Å²) in [5.41, 5.74) is 6.30. The number of nitrogens with one attached hydrogen (secondary N) is 1. The van der Waals surface area contributed by atoms with Gasteiger partial charge in [0.2, 0.25) is 0 Å². The van der Waals surface area contributed by atoms with Crippen LogP contribution < -0.4 is 11.1 Å². The molecule has 0 saturated heterocycles. The normalized spacial score (nSPS) is 12.5. The molecule has 0 heterocycles. The second-order valence-corrected chi connectivity index (χ2v) is 5.48. The van der Waals surface area contributed by atoms with Crippen LogP contribution in [0.3, 0.4) is 0 Å². The van der Waals surface area contributed by atoms with Gasteiger partial charge in [0.05, 0.1) is 15.7 Å². The third kappa shape index (κ3) is 4.27. The number of carbonyl (C=O) groups excluding carboxylic acids is 1. The van der Waals surface area contributed by atoms with E-state index in [1.165, 1.54) is 12.1 Å². The zero-order valence-electron chi connectivity index (χ0n) is 10.9. The van der Waals surface area contributed by atoms with Crippen LogP contribution in [-0.4, -0.2) is 23.7 Å². The number of nitrogens with two attached hydrogens (primary N) is 1. The van der Waals surface area contributed by atoms with Crippen molar-refractivity contribution >= 4 is 34.8 Å². The van der Waals surface area contributed by atoms with Crippen molar-refractivity contribution in [1.82, 2.24) is 5.32 Å². The Balaban J connectivity index is 2.88. The van der Waals surface area contributed by atoms with E-state index < -0.39 is 0 Å². The summed E-state index contributed by atoms with van der Waals surface area (Å²) in [7, 11) is 0. The fraction of sp³-hybridized carbons (Fsp3) is 0.462. The molecule has 1 atom stereocenters. The molecule has 1 amide bonds. The third-order valence-electron chi connectivity index (χ3n) is 2.88. The minimum absolute atomic E-state index is 0.0205. The summed E-state index contributed by atoms with van der Waals surface area (Å²) in [5, 5.41) is 12.3. The van der Waals surface area contributed by atoms with E-state index in [4.69, 9.17) is 34.0 Å². The molecule has 0 aliphatic heterocycles. The van der Waals surface area contributed by atoms with E-state index in [9.17, 15) is 4.79 Å². The van der Waals surface area contributed by atoms with Crippen LogP contribution in [0.15, 0.2) is 12.1 Å². The highest BCUT2D eigenvalue weighted by molar-refractivity contribution is 6.43. The molecule has 4 nitrogen and oxygen atoms in total. The van der Waals surface area contributed by atoms with Gasteiger partial charge in [-0.15, -0.1) is 0 Å². The molecule has 4 N–H and O–H groups in total. The van der Waals surface area contributed by atoms with Crippen molar-refractivity contribution < 1.29 is 9.90 Å². The third-order valence-corrected chi connectivity index (χ3v) is 3.70. The van der Waals surface area contributed by atoms with Gasteiger partial charge >= 0.3 is 0 Å². The van der Waals surface area contributed by atoms with Crippen molar-refractivity contribution in [2.45, 2.75) is 26.3 Å². The topological polar surface area (TPSA) is 75.3 Å². The van der Waals surface area contributed by atoms with Crippen LogP contribution >= 0.6 is 23.2 Å². The number of nitrogen functional groups attached to an aromatic ring is 1. The minimum atomic E-state index is -0.280. The summed E-state index contributed by atoms with van der Waals surface area (Å²) < 4.78 is 0. The van der Waals surface area contributed by atoms with Crippen LogP contribution in [-0.2, 0) is 0 Å². The molecule has 1 rings (SSSR count). The van der Waals surface area contributed by atoms with Crippen LogP contribution in [0, 0.1) is 5.92 Å². The summed E-state index contributed by atoms with van der Waals surface area (Å²) in [4.78, 5) is 12.1. The number of benzene rings is 1. The maximum absolute atomic E-state index is 12.1. The second kappa shape index (κ2) is 6.98. The van der Waals surface area contributed by atoms with E-state index >= 15 is 0 Å². The van der Waals surface area contributed by atoms with Gasteiger partial charge in [0.15, 0.2) is 0 Å². The maximum Gasteiger partial charge on any atom is 0.251 e. The lowest BCUT2D eigenvalue weighted by molar-refractivity contribution is 0.0916. The van der Waals surface area contributed by atoms with Crippen molar-refractivity contribution in [1.29, 1.82) is 0 Å². The molecule has 0 bridgehead atoms. The van der Waals surface area contributed by atoms with Crippen molar-refractivity contribution in [3.05, 3.63) is 27.7 Å². The predicted molar refractivity (Wildman–Crippen MR) is 78.7 cm³/mol. The Bertz CT molecular complexity index is 441. The molecule has 19 heavy (non-hydrogen) atoms. The van der Waals surface area contributed by atoms with E-state index in [1.807, 2.05) is 13.8 Å². The number of hydrogen-bond donors (Lipinski definition) is 3. The van der Waals surface area contributed by atoms with Gasteiger partial charge in [0, 0.05) is 18.2 Å². The van der Waals surface area contributed by atoms with Gasteiger partial charge in [-0.05, 0) is 24.5 Å². The minimum Gasteiger partial charge on any atom is -0.397 e. The first kappa shape index (κ1) is 16.1. The number of aliphatic hydroxyl groups is 1. The Kier molecular flexibility index (Phi) is 5.91. The van der Waals surface area contributed by atoms with Crippen LogP contribution in [0.25, 0.3) is 0 Å². The van der Waals surface area contributed by atoms with Gasteiger partial charge in [0.25, 0.3) is 5.91 Å². The summed E-state index contributed by atoms with van der Waals surface area (Å²) in [6.07, 6.45) is 0.500. The first-order valence-electron chi connectivity index (χ1n) is 6.03. The molecule has 0 fully saturated rings. The predicted octanol–water partition coefficient (Wildman–Crippen LogP) is 2.71. The maximum atomic E-state index is 12.1. The molecule has 0 radical (unpaired) electrons. The molecule has 1 aromatic carbocycles. The number of halogens is 2. The summed E-state index contributed by atoms with van der Waals surface area (Å²) >= 11 is 11.7. The molecular formula is C13H18Cl2N2O2. The highest BCUT2D eigenvalue weighted by Gasteiger charge is 2.18. The Morgan fingerprint density at radius 3 is 2.53 bits per heavy atom. The number of amides is 1. The van der Waals surface area contributed by atoms with Crippen LogP contribution in [0.2, 0.25) is 10.0 Å². The number of hydrogen-bond acceptors (Lipinski definition) is 3. The zero-order valence-corrected chi connectivity index (χ0v) is 12.4. The second-order valence-electron chi connectivity index (χ2n) is 4.70. The van der Waals surface area contributed by atoms with Gasteiger partial charge in [0.1, 0.15) is 0 Å². The SMILES string of the molecule is CC(C)C(CCO)NC(=O)c1cc(N)c(Cl)c(Cl)c1. The molecule has 6 heteroatoms. The standard InChI is InChI=1S/C13H18Cl2N2O2/c1-7(2)11(3-4-18)17-13(19)8-5-9(14)12(15)10(16)6-8/h5-7,11,18H,3-4,16H2,1-2H3,(H,17,19). The smallest absolute Gasteiger partial charge is 0.251 e. The zero-order chi connectivity index (χ0) is 14.6. The monoisotopic (exact) mass is 304 g/mol. The lowest BCUT2D eigenvalue weighted by Gasteiger charge is -2.21. The Hall–Kier alpha value is -0.970. The Morgan fingerprint density at radius 1 is 1.42 bits per heavy atom. The van der Waals surface area contributed by atoms with Gasteiger partial charge < -0.3 is 16.2 Å². The average molecular weight is 305 g/mol. The summed E-state index contributed by atoms with van der Waals surface area (Å²) in [6, 6.07) is 2.86. The summed E-state index contributed by atoms with van der Waals surface area (Å²) in [5.74, 6) is -0.0614. The van der Waals surface area contributed by atoms with E-state index in [2.05, 4.69) is 5.32 Å². The van der Waals surface area contributed by atoms with Gasteiger partial charge in [-0.2, -0.15) is 0 Å². The van der Waals surface area contributed by atoms with Crippen molar-refractivity contribution in [3.8, 4) is 0 Å². The van der Waals surface area contributed by atoms with Crippen LogP contribution in [0.5, 0.6) is 0 Å². The van der Waals surface area contributed by atoms with Crippen molar-refractivity contribution in [3.63, 3.8) is 0 Å². The van der Waals surface area contributed by atoms with E-state index in [1.54, 1.807) is 0 Å². The molecule has 0 spiro atoms. The lowest BCUT2D eigenvalue weighted by Crippen LogP contribution is -2.39. The summed E-state index contributed by atoms with van der Waals surface area (Å²) in [6.45, 7) is 3.97.